The van der Waals surface area contributed by atoms with Crippen molar-refractivity contribution in [2.45, 2.75) is 0 Å². The third kappa shape index (κ3) is 14.5. The van der Waals surface area contributed by atoms with Crippen molar-refractivity contribution in [3.8, 4) is 0 Å². The summed E-state index contributed by atoms with van der Waals surface area (Å²) in [6.45, 7) is 0. The van der Waals surface area contributed by atoms with Gasteiger partial charge in [0.05, 0.1) is 0 Å². The summed E-state index contributed by atoms with van der Waals surface area (Å²) in [4.78, 5) is 0. The lowest BCUT2D eigenvalue weighted by Crippen LogP contribution is -1.76. The molecule has 0 spiro atoms. The normalized spacial score (nSPS) is 9.00. The van der Waals surface area contributed by atoms with E-state index in [1.54, 1.807) is 0 Å². The predicted octanol–water partition coefficient (Wildman–Crippen LogP) is 0.258. The molecule has 0 saturated heterocycles. The second-order valence-corrected chi connectivity index (χ2v) is 2.03. The van der Waals surface area contributed by atoms with Gasteiger partial charge in [-0.15, -0.1) is 0 Å². The first kappa shape index (κ1) is 4.78. The predicted molar refractivity (Wildman–Crippen MR) is 23.0 cm³/mol. The lowest BCUT2D eigenvalue weighted by molar-refractivity contribution is 0.122. The monoisotopic (exact) mass is 97.0 g/mol. The van der Waals surface area contributed by atoms with Crippen LogP contribution in [0.4, 0.5) is 0 Å². The summed E-state index contributed by atoms with van der Waals surface area (Å²) in [5.41, 5.74) is 0. The Morgan fingerprint density at radius 2 is 1.50 bits per heavy atom. The van der Waals surface area contributed by atoms with Crippen LogP contribution in [0.1, 0.15) is 0 Å². The smallest absolute Gasteiger partial charge is 0.0320 e. The van der Waals surface area contributed by atoms with Crippen LogP contribution >= 0.6 is 18.8 Å². The van der Waals surface area contributed by atoms with Crippen molar-refractivity contribution in [1.29, 1.82) is 0 Å². The Labute approximate surface area is 29.7 Å². The van der Waals surface area contributed by atoms with E-state index in [2.05, 4.69) is 0 Å². The number of hydrogen-bond acceptors (Lipinski definition) is 2. The molecule has 0 fully saturated rings. The SMILES string of the molecule is ON(P)P. The fraction of sp³-hybridized carbons (Fsp3) is 0. The fourth-order valence-corrected chi connectivity index (χ4v) is 0. The summed E-state index contributed by atoms with van der Waals surface area (Å²) in [5, 5.41) is 7.81. The average molecular weight is 97.0 g/mol. The third-order valence-electron chi connectivity index (χ3n) is 0. The molecule has 0 aliphatic rings. The molecule has 0 heterocycles. The van der Waals surface area contributed by atoms with Crippen LogP contribution in [0.5, 0.6) is 0 Å². The Morgan fingerprint density at radius 1 is 1.50 bits per heavy atom. The van der Waals surface area contributed by atoms with Gasteiger partial charge in [-0.3, -0.25) is 0 Å². The quantitative estimate of drug-likeness (QED) is 0.346. The van der Waals surface area contributed by atoms with Gasteiger partial charge in [0.1, 0.15) is 0 Å². The Balaban J connectivity index is 2.32. The molecule has 0 amide bonds. The maximum absolute atomic E-state index is 7.81. The highest BCUT2D eigenvalue weighted by Gasteiger charge is 1.59. The van der Waals surface area contributed by atoms with E-state index in [1.165, 1.54) is 0 Å². The van der Waals surface area contributed by atoms with Crippen LogP contribution in [0.25, 0.3) is 0 Å². The summed E-state index contributed by atoms with van der Waals surface area (Å²) in [5.74, 6) is 0. The molecule has 0 radical (unpaired) electrons. The number of nitrogens with zero attached hydrogens (tertiary/aromatic N) is 1. The molecule has 0 aromatic heterocycles. The minimum atomic E-state index is 0.833. The molecule has 0 bridgehead atoms. The van der Waals surface area contributed by atoms with Crippen molar-refractivity contribution in [3.05, 3.63) is 0 Å². The average Bonchev–Trinajstić information content (AvgIpc) is 0.811. The molecule has 0 aromatic rings. The van der Waals surface area contributed by atoms with Crippen LogP contribution in [-0.2, 0) is 0 Å². The number of hydrogen-bond donors (Lipinski definition) is 1. The zero-order valence-corrected chi connectivity index (χ0v) is 4.36. The van der Waals surface area contributed by atoms with Gasteiger partial charge >= 0.3 is 0 Å². The van der Waals surface area contributed by atoms with E-state index in [-0.39, 0.29) is 0 Å². The topological polar surface area (TPSA) is 23.5 Å². The van der Waals surface area contributed by atoms with E-state index >= 15 is 0 Å². The van der Waals surface area contributed by atoms with E-state index in [0.29, 0.717) is 0 Å². The van der Waals surface area contributed by atoms with Gasteiger partial charge in [-0.25, -0.2) is 0 Å². The van der Waals surface area contributed by atoms with Crippen LogP contribution in [-0.4, -0.2) is 9.81 Å². The summed E-state index contributed by atoms with van der Waals surface area (Å²) >= 11 is 0. The molecular weight excluding hydrogens is 92.0 g/mol. The lowest BCUT2D eigenvalue weighted by Gasteiger charge is -1.88. The standard InChI is InChI=1S/H5NOP2/c2-1(3)4/h2H,3-4H2. The largest absolute Gasteiger partial charge is 0.308 e. The molecular formula is H5NOP2. The van der Waals surface area contributed by atoms with E-state index in [9.17, 15) is 0 Å². The first-order valence-electron chi connectivity index (χ1n) is 0.716. The van der Waals surface area contributed by atoms with Crippen molar-refractivity contribution in [2.75, 3.05) is 0 Å². The zero-order valence-electron chi connectivity index (χ0n) is 2.05. The first-order valence-corrected chi connectivity index (χ1v) is 1.75. The molecule has 4 heteroatoms. The van der Waals surface area contributed by atoms with Crippen LogP contribution in [0.2, 0.25) is 0 Å². The molecule has 2 nitrogen and oxygen atoms in total. The third-order valence-corrected chi connectivity index (χ3v) is 0. The van der Waals surface area contributed by atoms with E-state index < -0.39 is 0 Å². The van der Waals surface area contributed by atoms with E-state index in [4.69, 9.17) is 5.21 Å². The Bertz CT molecular complexity index is 10.8. The molecule has 0 rings (SSSR count). The highest BCUT2D eigenvalue weighted by molar-refractivity contribution is 7.30. The van der Waals surface area contributed by atoms with Gasteiger partial charge in [-0.1, -0.05) is 0 Å². The lowest BCUT2D eigenvalue weighted by atomic mass is 13.5. The zero-order chi connectivity index (χ0) is 3.58. The molecule has 2 atom stereocenters. The minimum absolute atomic E-state index is 0.833. The first-order chi connectivity index (χ1) is 1.73. The molecule has 0 aliphatic carbocycles. The molecule has 1 N–H and O–H groups in total. The molecule has 4 heavy (non-hydrogen) atoms. The summed E-state index contributed by atoms with van der Waals surface area (Å²) in [6.07, 6.45) is 0. The Morgan fingerprint density at radius 3 is 1.50 bits per heavy atom. The summed E-state index contributed by atoms with van der Waals surface area (Å²) in [6, 6.07) is 0. The minimum Gasteiger partial charge on any atom is -0.308 e. The van der Waals surface area contributed by atoms with Crippen LogP contribution < -0.4 is 0 Å². The maximum atomic E-state index is 7.81. The van der Waals surface area contributed by atoms with Crippen molar-refractivity contribution >= 4 is 18.8 Å². The Hall–Kier alpha value is 0.780. The molecule has 2 unspecified atom stereocenters. The van der Waals surface area contributed by atoms with Gasteiger partial charge < -0.3 is 5.21 Å². The van der Waals surface area contributed by atoms with Crippen molar-refractivity contribution < 1.29 is 5.21 Å². The summed E-state index contributed by atoms with van der Waals surface area (Å²) in [7, 11) is 4.02. The van der Waals surface area contributed by atoms with E-state index in [0.717, 1.165) is 4.60 Å². The molecule has 0 aromatic carbocycles. The van der Waals surface area contributed by atoms with Crippen molar-refractivity contribution in [2.24, 2.45) is 0 Å². The maximum Gasteiger partial charge on any atom is -0.0320 e. The highest BCUT2D eigenvalue weighted by atomic mass is 31.1. The second kappa shape index (κ2) is 2.04. The highest BCUT2D eigenvalue weighted by Crippen LogP contribution is 1.96. The molecule has 26 valence electrons. The van der Waals surface area contributed by atoms with Gasteiger partial charge in [0.2, 0.25) is 0 Å². The van der Waals surface area contributed by atoms with Crippen LogP contribution in [0.15, 0.2) is 0 Å². The fourth-order valence-electron chi connectivity index (χ4n) is 0. The second-order valence-electron chi connectivity index (χ2n) is 0.380. The number of rotatable bonds is 0. The van der Waals surface area contributed by atoms with Gasteiger partial charge in [0, 0.05) is 0 Å². The molecule has 0 saturated carbocycles. The van der Waals surface area contributed by atoms with Crippen molar-refractivity contribution in [3.63, 3.8) is 0 Å². The molecule has 0 aliphatic heterocycles. The van der Waals surface area contributed by atoms with Crippen LogP contribution in [0, 0.1) is 0 Å². The van der Waals surface area contributed by atoms with Gasteiger partial charge in [-0.05, 0) is 18.8 Å². The van der Waals surface area contributed by atoms with Gasteiger partial charge in [0.25, 0.3) is 0 Å². The van der Waals surface area contributed by atoms with Crippen LogP contribution in [0.3, 0.4) is 0 Å². The van der Waals surface area contributed by atoms with Gasteiger partial charge in [0.15, 0.2) is 0 Å². The van der Waals surface area contributed by atoms with Crippen molar-refractivity contribution in [1.82, 2.24) is 4.60 Å². The van der Waals surface area contributed by atoms with E-state index in [1.807, 2.05) is 18.8 Å². The Kier molecular flexibility index (Phi) is 2.44. The summed E-state index contributed by atoms with van der Waals surface area (Å²) < 4.78 is 0.833. The van der Waals surface area contributed by atoms with Gasteiger partial charge in [-0.2, -0.15) is 4.60 Å².